The van der Waals surface area contributed by atoms with Crippen molar-refractivity contribution in [1.29, 1.82) is 0 Å². The lowest BCUT2D eigenvalue weighted by molar-refractivity contribution is 0.0689. The Morgan fingerprint density at radius 2 is 1.90 bits per heavy atom. The molecular formula is C13H14N4O3S. The number of thiazole rings is 1. The molecule has 0 bridgehead atoms. The van der Waals surface area contributed by atoms with Gasteiger partial charge in [-0.05, 0) is 6.42 Å². The quantitative estimate of drug-likeness (QED) is 0.830. The second-order valence-electron chi connectivity index (χ2n) is 4.17. The van der Waals surface area contributed by atoms with E-state index in [2.05, 4.69) is 27.2 Å². The minimum Gasteiger partial charge on any atom is -0.476 e. The molecule has 0 fully saturated rings. The number of aryl methyl sites for hydroxylation is 1. The number of rotatable bonds is 6. The third-order valence-corrected chi connectivity index (χ3v) is 3.88. The van der Waals surface area contributed by atoms with E-state index in [1.54, 1.807) is 11.3 Å². The van der Waals surface area contributed by atoms with Gasteiger partial charge in [-0.2, -0.15) is 0 Å². The standard InChI is InChI=1S/C13H14N4O3S/c1-2-8-5-17-11(21-8)3-4-14-12(18)9-6-16-10(7-15-9)13(19)20/h5-7H,2-4H2,1H3,(H,14,18)(H,19,20). The molecule has 0 aliphatic rings. The summed E-state index contributed by atoms with van der Waals surface area (Å²) >= 11 is 1.63. The van der Waals surface area contributed by atoms with Crippen LogP contribution in [-0.4, -0.2) is 38.5 Å². The van der Waals surface area contributed by atoms with Gasteiger partial charge in [-0.15, -0.1) is 11.3 Å². The maximum atomic E-state index is 11.8. The molecule has 1 amide bonds. The number of hydrogen-bond acceptors (Lipinski definition) is 6. The first-order valence-corrected chi connectivity index (χ1v) is 7.19. The predicted molar refractivity (Wildman–Crippen MR) is 76.5 cm³/mol. The highest BCUT2D eigenvalue weighted by atomic mass is 32.1. The summed E-state index contributed by atoms with van der Waals surface area (Å²) in [7, 11) is 0. The number of hydrogen-bond donors (Lipinski definition) is 2. The van der Waals surface area contributed by atoms with Crippen LogP contribution in [0.25, 0.3) is 0 Å². The summed E-state index contributed by atoms with van der Waals surface area (Å²) in [6, 6.07) is 0. The Balaban J connectivity index is 1.85. The van der Waals surface area contributed by atoms with Crippen molar-refractivity contribution >= 4 is 23.2 Å². The van der Waals surface area contributed by atoms with Crippen LogP contribution < -0.4 is 5.32 Å². The molecular weight excluding hydrogens is 292 g/mol. The molecule has 2 heterocycles. The summed E-state index contributed by atoms with van der Waals surface area (Å²) in [5.41, 5.74) is -0.102. The lowest BCUT2D eigenvalue weighted by atomic mass is 10.3. The van der Waals surface area contributed by atoms with Gasteiger partial charge in [0.2, 0.25) is 0 Å². The van der Waals surface area contributed by atoms with E-state index in [0.29, 0.717) is 13.0 Å². The van der Waals surface area contributed by atoms with Crippen LogP contribution in [0.4, 0.5) is 0 Å². The van der Waals surface area contributed by atoms with Crippen LogP contribution in [0.2, 0.25) is 0 Å². The molecule has 2 N–H and O–H groups in total. The van der Waals surface area contributed by atoms with Crippen molar-refractivity contribution < 1.29 is 14.7 Å². The predicted octanol–water partition coefficient (Wildman–Crippen LogP) is 1.17. The molecule has 2 rings (SSSR count). The Kier molecular flexibility index (Phi) is 4.94. The van der Waals surface area contributed by atoms with E-state index in [0.717, 1.165) is 23.8 Å². The van der Waals surface area contributed by atoms with Crippen LogP contribution in [-0.2, 0) is 12.8 Å². The average molecular weight is 306 g/mol. The van der Waals surface area contributed by atoms with E-state index >= 15 is 0 Å². The Morgan fingerprint density at radius 3 is 2.48 bits per heavy atom. The molecule has 2 aromatic heterocycles. The van der Waals surface area contributed by atoms with Crippen molar-refractivity contribution in [3.63, 3.8) is 0 Å². The van der Waals surface area contributed by atoms with Gasteiger partial charge in [0.15, 0.2) is 5.69 Å². The number of aromatic nitrogens is 3. The maximum absolute atomic E-state index is 11.8. The van der Waals surface area contributed by atoms with E-state index in [-0.39, 0.29) is 17.3 Å². The molecule has 0 aromatic carbocycles. The largest absolute Gasteiger partial charge is 0.476 e. The van der Waals surface area contributed by atoms with Crippen LogP contribution >= 0.6 is 11.3 Å². The minimum atomic E-state index is -1.18. The number of carbonyl (C=O) groups is 2. The molecule has 0 aliphatic carbocycles. The van der Waals surface area contributed by atoms with Crippen LogP contribution in [0.15, 0.2) is 18.6 Å². The van der Waals surface area contributed by atoms with Crippen molar-refractivity contribution in [2.75, 3.05) is 6.54 Å². The number of carbonyl (C=O) groups excluding carboxylic acids is 1. The monoisotopic (exact) mass is 306 g/mol. The van der Waals surface area contributed by atoms with Gasteiger partial charge in [-0.1, -0.05) is 6.92 Å². The van der Waals surface area contributed by atoms with Crippen LogP contribution in [0.5, 0.6) is 0 Å². The molecule has 110 valence electrons. The highest BCUT2D eigenvalue weighted by molar-refractivity contribution is 7.11. The second kappa shape index (κ2) is 6.89. The molecule has 0 unspecified atom stereocenters. The average Bonchev–Trinajstić information content (AvgIpc) is 2.95. The Bertz CT molecular complexity index is 639. The fourth-order valence-electron chi connectivity index (χ4n) is 1.56. The molecule has 0 aliphatic heterocycles. The van der Waals surface area contributed by atoms with Crippen LogP contribution in [0.3, 0.4) is 0 Å². The molecule has 2 aromatic rings. The number of nitrogens with one attached hydrogen (secondary N) is 1. The summed E-state index contributed by atoms with van der Waals surface area (Å²) in [4.78, 5) is 35.3. The lowest BCUT2D eigenvalue weighted by Gasteiger charge is -2.03. The Hall–Kier alpha value is -2.35. The molecule has 7 nitrogen and oxygen atoms in total. The zero-order valence-corrected chi connectivity index (χ0v) is 12.2. The summed E-state index contributed by atoms with van der Waals surface area (Å²) in [5.74, 6) is -1.56. The summed E-state index contributed by atoms with van der Waals surface area (Å²) in [5, 5.41) is 12.4. The second-order valence-corrected chi connectivity index (χ2v) is 5.37. The van der Waals surface area contributed by atoms with Crippen molar-refractivity contribution in [1.82, 2.24) is 20.3 Å². The normalized spacial score (nSPS) is 10.3. The van der Waals surface area contributed by atoms with Gasteiger partial charge in [-0.3, -0.25) is 4.79 Å². The van der Waals surface area contributed by atoms with Crippen LogP contribution in [0, 0.1) is 0 Å². The van der Waals surface area contributed by atoms with E-state index in [4.69, 9.17) is 5.11 Å². The van der Waals surface area contributed by atoms with Gasteiger partial charge in [0.05, 0.1) is 17.4 Å². The van der Waals surface area contributed by atoms with Gasteiger partial charge < -0.3 is 10.4 Å². The van der Waals surface area contributed by atoms with Crippen molar-refractivity contribution in [3.8, 4) is 0 Å². The zero-order chi connectivity index (χ0) is 15.2. The summed E-state index contributed by atoms with van der Waals surface area (Å²) < 4.78 is 0. The number of amides is 1. The first-order chi connectivity index (χ1) is 10.1. The minimum absolute atomic E-state index is 0.0911. The molecule has 0 spiro atoms. The van der Waals surface area contributed by atoms with Gasteiger partial charge in [0, 0.05) is 24.0 Å². The number of aromatic carboxylic acids is 1. The smallest absolute Gasteiger partial charge is 0.356 e. The Morgan fingerprint density at radius 1 is 1.19 bits per heavy atom. The molecule has 0 atom stereocenters. The topological polar surface area (TPSA) is 105 Å². The van der Waals surface area contributed by atoms with Crippen molar-refractivity contribution in [2.24, 2.45) is 0 Å². The van der Waals surface area contributed by atoms with Gasteiger partial charge >= 0.3 is 5.97 Å². The zero-order valence-electron chi connectivity index (χ0n) is 11.4. The SMILES string of the molecule is CCc1cnc(CCNC(=O)c2cnc(C(=O)O)cn2)s1. The molecule has 21 heavy (non-hydrogen) atoms. The van der Waals surface area contributed by atoms with Crippen molar-refractivity contribution in [2.45, 2.75) is 19.8 Å². The van der Waals surface area contributed by atoms with E-state index < -0.39 is 5.97 Å². The van der Waals surface area contributed by atoms with Gasteiger partial charge in [0.1, 0.15) is 5.69 Å². The molecule has 0 radical (unpaired) electrons. The molecule has 8 heteroatoms. The number of nitrogens with zero attached hydrogens (tertiary/aromatic N) is 3. The van der Waals surface area contributed by atoms with Crippen molar-refractivity contribution in [3.05, 3.63) is 39.9 Å². The third-order valence-electron chi connectivity index (χ3n) is 2.68. The highest BCUT2D eigenvalue weighted by Gasteiger charge is 2.10. The fraction of sp³-hybridized carbons (Fsp3) is 0.308. The summed E-state index contributed by atoms with van der Waals surface area (Å²) in [6.07, 6.45) is 5.66. The fourth-order valence-corrected chi connectivity index (χ4v) is 2.42. The molecule has 0 saturated heterocycles. The van der Waals surface area contributed by atoms with E-state index in [9.17, 15) is 9.59 Å². The molecule has 0 saturated carbocycles. The lowest BCUT2D eigenvalue weighted by Crippen LogP contribution is -2.26. The van der Waals surface area contributed by atoms with Gasteiger partial charge in [0.25, 0.3) is 5.91 Å². The van der Waals surface area contributed by atoms with E-state index in [1.165, 1.54) is 4.88 Å². The maximum Gasteiger partial charge on any atom is 0.356 e. The van der Waals surface area contributed by atoms with E-state index in [1.807, 2.05) is 6.20 Å². The highest BCUT2D eigenvalue weighted by Crippen LogP contribution is 2.13. The first kappa shape index (κ1) is 15.0. The van der Waals surface area contributed by atoms with Gasteiger partial charge in [-0.25, -0.2) is 19.7 Å². The summed E-state index contributed by atoms with van der Waals surface area (Å²) in [6.45, 7) is 2.51. The van der Waals surface area contributed by atoms with Crippen LogP contribution in [0.1, 0.15) is 37.8 Å². The first-order valence-electron chi connectivity index (χ1n) is 6.37. The number of carboxylic acids is 1. The third kappa shape index (κ3) is 4.06. The Labute approximate surface area is 125 Å². The number of carboxylic acid groups (broad SMARTS) is 1.